The molecular weight excluding hydrogens is 463 g/mol. The highest BCUT2D eigenvalue weighted by Gasteiger charge is 2.18. The lowest BCUT2D eigenvalue weighted by Gasteiger charge is -2.10. The van der Waals surface area contributed by atoms with Gasteiger partial charge < -0.3 is 10.3 Å². The maximum Gasteiger partial charge on any atom is 0.249 e. The summed E-state index contributed by atoms with van der Waals surface area (Å²) < 4.78 is 2.19. The number of aromatic nitrogens is 1. The van der Waals surface area contributed by atoms with Crippen molar-refractivity contribution in [3.63, 3.8) is 0 Å². The van der Waals surface area contributed by atoms with Crippen molar-refractivity contribution in [1.82, 2.24) is 4.57 Å². The first-order valence-corrected chi connectivity index (χ1v) is 11.1. The van der Waals surface area contributed by atoms with E-state index in [-0.39, 0.29) is 0 Å². The second-order valence-electron chi connectivity index (χ2n) is 7.63. The normalized spacial score (nSPS) is 11.3. The van der Waals surface area contributed by atoms with Crippen molar-refractivity contribution in [3.8, 4) is 11.1 Å². The molecule has 5 aromatic rings. The molecule has 1 amide bonds. The molecule has 0 fully saturated rings. The van der Waals surface area contributed by atoms with Crippen molar-refractivity contribution in [2.75, 3.05) is 0 Å². The first-order valence-electron chi connectivity index (χ1n) is 9.97. The van der Waals surface area contributed by atoms with Gasteiger partial charge in [-0.15, -0.1) is 0 Å². The van der Waals surface area contributed by atoms with Crippen LogP contribution in [0.4, 0.5) is 0 Å². The quantitative estimate of drug-likeness (QED) is 0.284. The van der Waals surface area contributed by atoms with E-state index < -0.39 is 5.91 Å². The summed E-state index contributed by atoms with van der Waals surface area (Å²) in [6.45, 7) is 0.608. The Morgan fingerprint density at radius 2 is 1.56 bits per heavy atom. The van der Waals surface area contributed by atoms with Gasteiger partial charge in [0.2, 0.25) is 5.91 Å². The van der Waals surface area contributed by atoms with Crippen LogP contribution in [0.2, 0.25) is 15.1 Å². The highest BCUT2D eigenvalue weighted by atomic mass is 35.5. The SMILES string of the molecule is NC(=O)c1cccc2c1c1ccc(-c3ccc(Cl)cc3Cl)cc1n2Cc1ccc(Cl)cc1. The zero-order valence-corrected chi connectivity index (χ0v) is 19.0. The van der Waals surface area contributed by atoms with E-state index in [1.54, 1.807) is 12.1 Å². The van der Waals surface area contributed by atoms with E-state index in [9.17, 15) is 4.79 Å². The summed E-state index contributed by atoms with van der Waals surface area (Å²) in [7, 11) is 0. The molecule has 3 nitrogen and oxygen atoms in total. The van der Waals surface area contributed by atoms with Crippen LogP contribution < -0.4 is 5.73 Å². The number of fused-ring (bicyclic) bond motifs is 3. The third-order valence-electron chi connectivity index (χ3n) is 5.65. The molecule has 0 bridgehead atoms. The zero-order valence-electron chi connectivity index (χ0n) is 16.8. The molecule has 0 saturated carbocycles. The smallest absolute Gasteiger partial charge is 0.249 e. The van der Waals surface area contributed by atoms with Crippen LogP contribution in [-0.2, 0) is 6.54 Å². The Balaban J connectivity index is 1.80. The number of hydrogen-bond acceptors (Lipinski definition) is 1. The predicted octanol–water partition coefficient (Wildman–Crippen LogP) is 7.57. The highest BCUT2D eigenvalue weighted by molar-refractivity contribution is 6.36. The van der Waals surface area contributed by atoms with Gasteiger partial charge >= 0.3 is 0 Å². The molecule has 0 spiro atoms. The number of primary amides is 1. The van der Waals surface area contributed by atoms with Crippen LogP contribution in [0, 0.1) is 0 Å². The fourth-order valence-electron chi connectivity index (χ4n) is 4.18. The van der Waals surface area contributed by atoms with Gasteiger partial charge in [-0.2, -0.15) is 0 Å². The molecule has 0 atom stereocenters. The van der Waals surface area contributed by atoms with Crippen molar-refractivity contribution in [1.29, 1.82) is 0 Å². The molecule has 0 radical (unpaired) electrons. The van der Waals surface area contributed by atoms with Crippen LogP contribution >= 0.6 is 34.8 Å². The average molecular weight is 480 g/mol. The molecule has 2 N–H and O–H groups in total. The first kappa shape index (κ1) is 20.9. The Morgan fingerprint density at radius 1 is 0.812 bits per heavy atom. The molecule has 0 aliphatic heterocycles. The molecule has 158 valence electrons. The Labute approximate surface area is 199 Å². The van der Waals surface area contributed by atoms with Gasteiger partial charge in [-0.25, -0.2) is 0 Å². The van der Waals surface area contributed by atoms with Crippen LogP contribution in [0.3, 0.4) is 0 Å². The minimum absolute atomic E-state index is 0.453. The topological polar surface area (TPSA) is 48.0 Å². The number of rotatable bonds is 4. The number of benzene rings is 4. The maximum absolute atomic E-state index is 12.2. The van der Waals surface area contributed by atoms with E-state index in [1.807, 2.05) is 60.7 Å². The van der Waals surface area contributed by atoms with E-state index in [2.05, 4.69) is 10.6 Å². The Bertz CT molecular complexity index is 1500. The van der Waals surface area contributed by atoms with Gasteiger partial charge in [0.05, 0.1) is 11.0 Å². The van der Waals surface area contributed by atoms with Crippen molar-refractivity contribution in [3.05, 3.63) is 105 Å². The standard InChI is InChI=1S/C26H17Cl3N2O/c27-17-7-4-15(5-8-17)14-31-23-3-1-2-21(26(30)32)25(23)20-10-6-16(12-24(20)31)19-11-9-18(28)13-22(19)29/h1-13H,14H2,(H2,30,32). The number of nitrogens with two attached hydrogens (primary N) is 1. The van der Waals surface area contributed by atoms with Gasteiger partial charge in [-0.1, -0.05) is 71.2 Å². The van der Waals surface area contributed by atoms with Crippen molar-refractivity contribution >= 4 is 62.5 Å². The molecule has 1 heterocycles. The number of carbonyl (C=O) groups excluding carboxylic acids is 1. The van der Waals surface area contributed by atoms with Gasteiger partial charge in [0.1, 0.15) is 0 Å². The molecule has 0 unspecified atom stereocenters. The first-order chi connectivity index (χ1) is 15.4. The number of nitrogens with zero attached hydrogens (tertiary/aromatic N) is 1. The van der Waals surface area contributed by atoms with Crippen molar-refractivity contribution in [2.45, 2.75) is 6.54 Å². The van der Waals surface area contributed by atoms with Crippen LogP contribution in [0.15, 0.2) is 78.9 Å². The lowest BCUT2D eigenvalue weighted by molar-refractivity contribution is 0.100. The average Bonchev–Trinajstić information content (AvgIpc) is 3.08. The summed E-state index contributed by atoms with van der Waals surface area (Å²) in [5, 5.41) is 3.65. The van der Waals surface area contributed by atoms with Crippen LogP contribution in [0.1, 0.15) is 15.9 Å². The third-order valence-corrected chi connectivity index (χ3v) is 6.45. The number of carbonyl (C=O) groups is 1. The molecule has 0 aliphatic rings. The largest absolute Gasteiger partial charge is 0.366 e. The Hall–Kier alpha value is -2.98. The van der Waals surface area contributed by atoms with Crippen LogP contribution in [0.25, 0.3) is 32.9 Å². The predicted molar refractivity (Wildman–Crippen MR) is 134 cm³/mol. The van der Waals surface area contributed by atoms with E-state index in [4.69, 9.17) is 40.5 Å². The Kier molecular flexibility index (Phi) is 5.34. The lowest BCUT2D eigenvalue weighted by Crippen LogP contribution is -2.11. The molecular formula is C26H17Cl3N2O. The molecule has 5 rings (SSSR count). The van der Waals surface area contributed by atoms with Gasteiger partial charge in [0, 0.05) is 43.5 Å². The third kappa shape index (κ3) is 3.63. The monoisotopic (exact) mass is 478 g/mol. The summed E-state index contributed by atoms with van der Waals surface area (Å²) in [5.41, 5.74) is 11.1. The highest BCUT2D eigenvalue weighted by Crippen LogP contribution is 2.37. The lowest BCUT2D eigenvalue weighted by atomic mass is 10.0. The zero-order chi connectivity index (χ0) is 22.4. The van der Waals surface area contributed by atoms with Crippen molar-refractivity contribution < 1.29 is 4.79 Å². The molecule has 6 heteroatoms. The van der Waals surface area contributed by atoms with Crippen molar-refractivity contribution in [2.24, 2.45) is 5.73 Å². The van der Waals surface area contributed by atoms with E-state index in [0.717, 1.165) is 38.5 Å². The minimum Gasteiger partial charge on any atom is -0.366 e. The maximum atomic E-state index is 12.2. The molecule has 0 aliphatic carbocycles. The molecule has 0 saturated heterocycles. The summed E-state index contributed by atoms with van der Waals surface area (Å²) in [4.78, 5) is 12.2. The minimum atomic E-state index is -0.453. The van der Waals surface area contributed by atoms with E-state index in [0.29, 0.717) is 27.2 Å². The molecule has 32 heavy (non-hydrogen) atoms. The number of halogens is 3. The van der Waals surface area contributed by atoms with Gasteiger partial charge in [0.15, 0.2) is 0 Å². The van der Waals surface area contributed by atoms with E-state index >= 15 is 0 Å². The van der Waals surface area contributed by atoms with Gasteiger partial charge in [-0.3, -0.25) is 4.79 Å². The summed E-state index contributed by atoms with van der Waals surface area (Å²) in [6.07, 6.45) is 0. The van der Waals surface area contributed by atoms with E-state index in [1.165, 1.54) is 0 Å². The number of amides is 1. The van der Waals surface area contributed by atoms with Gasteiger partial charge in [-0.05, 0) is 53.6 Å². The van der Waals surface area contributed by atoms with Crippen LogP contribution in [-0.4, -0.2) is 10.5 Å². The second-order valence-corrected chi connectivity index (χ2v) is 8.91. The Morgan fingerprint density at radius 3 is 2.28 bits per heavy atom. The number of hydrogen-bond donors (Lipinski definition) is 1. The fraction of sp³-hybridized carbons (Fsp3) is 0.0385. The fourth-order valence-corrected chi connectivity index (χ4v) is 4.83. The molecule has 1 aromatic heterocycles. The summed E-state index contributed by atoms with van der Waals surface area (Å²) in [5.74, 6) is -0.453. The summed E-state index contributed by atoms with van der Waals surface area (Å²) in [6, 6.07) is 24.9. The van der Waals surface area contributed by atoms with Gasteiger partial charge in [0.25, 0.3) is 0 Å². The summed E-state index contributed by atoms with van der Waals surface area (Å²) >= 11 is 18.6. The van der Waals surface area contributed by atoms with Crippen LogP contribution in [0.5, 0.6) is 0 Å². The second kappa shape index (κ2) is 8.18. The molecule has 4 aromatic carbocycles.